The number of aliphatic hydroxyl groups is 1. The molecule has 2 aliphatic heterocycles. The Morgan fingerprint density at radius 3 is 2.49 bits per heavy atom. The Morgan fingerprint density at radius 1 is 1.06 bits per heavy atom. The summed E-state index contributed by atoms with van der Waals surface area (Å²) in [5, 5.41) is 12.8. The molecule has 0 radical (unpaired) electrons. The van der Waals surface area contributed by atoms with Gasteiger partial charge in [0.1, 0.15) is 11.4 Å². The number of halogens is 1. The standard InChI is InChI=1S/C28H31FN4O2/c29-21-7-9-22(10-8-21)33-18-32(17-23(34)16-30)27(35)28(33)11-13-31(14-12-28)25-15-20-5-1-3-19-4-2-6-24(25)26(19)20/h1-10,23,25,34H,11-18,30H2/t23-,25+/m0/s1. The average Bonchev–Trinajstić information content (AvgIpc) is 3.38. The van der Waals surface area contributed by atoms with E-state index < -0.39 is 11.6 Å². The summed E-state index contributed by atoms with van der Waals surface area (Å²) in [5.41, 5.74) is 8.55. The molecule has 2 saturated heterocycles. The van der Waals surface area contributed by atoms with Crippen LogP contribution in [0.3, 0.4) is 0 Å². The smallest absolute Gasteiger partial charge is 0.250 e. The highest BCUT2D eigenvalue weighted by Crippen LogP contribution is 2.45. The number of amides is 1. The normalized spacial score (nSPS) is 22.5. The molecule has 0 unspecified atom stereocenters. The molecular weight excluding hydrogens is 443 g/mol. The lowest BCUT2D eigenvalue weighted by Crippen LogP contribution is -2.57. The number of nitrogens with two attached hydrogens (primary N) is 1. The van der Waals surface area contributed by atoms with Crippen LogP contribution in [0.2, 0.25) is 0 Å². The SMILES string of the molecule is NC[C@H](O)CN1CN(c2ccc(F)cc2)C2(CCN([C@@H]3Cc4cccc5cccc3c45)CC2)C1=O. The minimum atomic E-state index is -0.762. The lowest BCUT2D eigenvalue weighted by atomic mass is 9.84. The molecule has 2 atom stereocenters. The van der Waals surface area contributed by atoms with Crippen molar-refractivity contribution in [2.45, 2.75) is 36.9 Å². The highest BCUT2D eigenvalue weighted by Gasteiger charge is 2.54. The molecule has 0 bridgehead atoms. The number of piperidine rings is 1. The fourth-order valence-corrected chi connectivity index (χ4v) is 6.43. The third-order valence-corrected chi connectivity index (χ3v) is 8.22. The molecule has 2 fully saturated rings. The summed E-state index contributed by atoms with van der Waals surface area (Å²) in [6, 6.07) is 19.8. The molecule has 1 amide bonds. The summed E-state index contributed by atoms with van der Waals surface area (Å²) in [4.78, 5) is 20.1. The predicted molar refractivity (Wildman–Crippen MR) is 134 cm³/mol. The lowest BCUT2D eigenvalue weighted by Gasteiger charge is -2.45. The summed E-state index contributed by atoms with van der Waals surface area (Å²) in [6.07, 6.45) is 1.60. The Bertz CT molecular complexity index is 1250. The summed E-state index contributed by atoms with van der Waals surface area (Å²) < 4.78 is 13.7. The fourth-order valence-electron chi connectivity index (χ4n) is 6.43. The quantitative estimate of drug-likeness (QED) is 0.595. The van der Waals surface area contributed by atoms with Gasteiger partial charge in [0, 0.05) is 37.9 Å². The first-order valence-electron chi connectivity index (χ1n) is 12.5. The van der Waals surface area contributed by atoms with Gasteiger partial charge in [-0.1, -0.05) is 36.4 Å². The molecule has 0 aromatic heterocycles. The maximum absolute atomic E-state index is 13.8. The number of anilines is 1. The van der Waals surface area contributed by atoms with Gasteiger partial charge in [-0.25, -0.2) is 4.39 Å². The minimum Gasteiger partial charge on any atom is -0.390 e. The molecule has 3 N–H and O–H groups in total. The van der Waals surface area contributed by atoms with E-state index in [1.54, 1.807) is 17.0 Å². The number of benzene rings is 3. The van der Waals surface area contributed by atoms with Crippen LogP contribution in [0.15, 0.2) is 60.7 Å². The maximum Gasteiger partial charge on any atom is 0.250 e. The predicted octanol–water partition coefficient (Wildman–Crippen LogP) is 3.04. The lowest BCUT2D eigenvalue weighted by molar-refractivity contribution is -0.134. The van der Waals surface area contributed by atoms with E-state index in [0.717, 1.165) is 25.2 Å². The average molecular weight is 475 g/mol. The first-order chi connectivity index (χ1) is 17.0. The monoisotopic (exact) mass is 474 g/mol. The van der Waals surface area contributed by atoms with Crippen LogP contribution < -0.4 is 10.6 Å². The first kappa shape index (κ1) is 22.5. The van der Waals surface area contributed by atoms with E-state index >= 15 is 0 Å². The van der Waals surface area contributed by atoms with Gasteiger partial charge in [0.15, 0.2) is 0 Å². The van der Waals surface area contributed by atoms with Crippen LogP contribution in [0.25, 0.3) is 10.8 Å². The van der Waals surface area contributed by atoms with Gasteiger partial charge in [0.2, 0.25) is 5.91 Å². The van der Waals surface area contributed by atoms with E-state index in [1.807, 2.05) is 0 Å². The summed E-state index contributed by atoms with van der Waals surface area (Å²) in [7, 11) is 0. The van der Waals surface area contributed by atoms with E-state index in [4.69, 9.17) is 5.73 Å². The second kappa shape index (κ2) is 8.59. The van der Waals surface area contributed by atoms with Crippen molar-refractivity contribution >= 4 is 22.4 Å². The second-order valence-corrected chi connectivity index (χ2v) is 10.1. The Balaban J connectivity index is 1.27. The van der Waals surface area contributed by atoms with E-state index in [2.05, 4.69) is 46.2 Å². The van der Waals surface area contributed by atoms with E-state index in [-0.39, 0.29) is 24.8 Å². The van der Waals surface area contributed by atoms with Gasteiger partial charge in [-0.15, -0.1) is 0 Å². The number of nitrogens with zero attached hydrogens (tertiary/aromatic N) is 3. The third-order valence-electron chi connectivity index (χ3n) is 8.22. The van der Waals surface area contributed by atoms with Gasteiger partial charge in [-0.05, 0) is 65.4 Å². The van der Waals surface area contributed by atoms with Gasteiger partial charge in [-0.2, -0.15) is 0 Å². The molecule has 35 heavy (non-hydrogen) atoms. The summed E-state index contributed by atoms with van der Waals surface area (Å²) >= 11 is 0. The molecule has 1 spiro atoms. The van der Waals surface area contributed by atoms with E-state index in [1.165, 1.54) is 34.0 Å². The zero-order valence-electron chi connectivity index (χ0n) is 19.7. The largest absolute Gasteiger partial charge is 0.390 e. The molecule has 6 nitrogen and oxygen atoms in total. The Hall–Kier alpha value is -3.00. The summed E-state index contributed by atoms with van der Waals surface area (Å²) in [5.74, 6) is -0.265. The number of likely N-dealkylation sites (tertiary alicyclic amines) is 1. The molecule has 182 valence electrons. The number of rotatable bonds is 5. The second-order valence-electron chi connectivity index (χ2n) is 10.1. The number of carbonyl (C=O) groups excluding carboxylic acids is 1. The van der Waals surface area contributed by atoms with E-state index in [0.29, 0.717) is 25.6 Å². The van der Waals surface area contributed by atoms with Crippen molar-refractivity contribution in [2.75, 3.05) is 37.7 Å². The van der Waals surface area contributed by atoms with Gasteiger partial charge in [0.05, 0.1) is 12.8 Å². The van der Waals surface area contributed by atoms with Crippen LogP contribution in [0.4, 0.5) is 10.1 Å². The van der Waals surface area contributed by atoms with Crippen molar-refractivity contribution in [3.8, 4) is 0 Å². The highest BCUT2D eigenvalue weighted by atomic mass is 19.1. The van der Waals surface area contributed by atoms with Crippen molar-refractivity contribution in [3.63, 3.8) is 0 Å². The number of β-amino-alcohol motifs (C(OH)–C–C–N with tert-alkyl or cyclic N) is 1. The van der Waals surface area contributed by atoms with Crippen LogP contribution in [0.1, 0.15) is 30.0 Å². The topological polar surface area (TPSA) is 73.0 Å². The van der Waals surface area contributed by atoms with Crippen molar-refractivity contribution in [1.29, 1.82) is 0 Å². The number of aliphatic hydroxyl groups excluding tert-OH is 1. The van der Waals surface area contributed by atoms with E-state index in [9.17, 15) is 14.3 Å². The van der Waals surface area contributed by atoms with Crippen molar-refractivity contribution in [3.05, 3.63) is 77.6 Å². The zero-order chi connectivity index (χ0) is 24.2. The molecule has 2 heterocycles. The number of carbonyl (C=O) groups is 1. The van der Waals surface area contributed by atoms with Crippen LogP contribution in [-0.2, 0) is 11.2 Å². The number of hydrogen-bond donors (Lipinski definition) is 2. The van der Waals surface area contributed by atoms with Gasteiger partial charge >= 0.3 is 0 Å². The Morgan fingerprint density at radius 2 is 1.77 bits per heavy atom. The molecule has 1 aliphatic carbocycles. The molecule has 0 saturated carbocycles. The Labute approximate surface area is 204 Å². The zero-order valence-corrected chi connectivity index (χ0v) is 19.7. The first-order valence-corrected chi connectivity index (χ1v) is 12.5. The summed E-state index contributed by atoms with van der Waals surface area (Å²) in [6.45, 7) is 2.28. The highest BCUT2D eigenvalue weighted by molar-refractivity contribution is 5.94. The van der Waals surface area contributed by atoms with Crippen LogP contribution in [-0.4, -0.2) is 65.3 Å². The molecular formula is C28H31FN4O2. The van der Waals surface area contributed by atoms with Crippen LogP contribution in [0, 0.1) is 5.82 Å². The molecule has 7 heteroatoms. The van der Waals surface area contributed by atoms with Crippen molar-refractivity contribution in [1.82, 2.24) is 9.80 Å². The minimum absolute atomic E-state index is 0.0331. The molecule has 3 aliphatic rings. The fraction of sp³-hybridized carbons (Fsp3) is 0.393. The molecule has 6 rings (SSSR count). The number of hydrogen-bond acceptors (Lipinski definition) is 5. The van der Waals surface area contributed by atoms with Gasteiger partial charge in [-0.3, -0.25) is 9.69 Å². The van der Waals surface area contributed by atoms with Crippen LogP contribution in [0.5, 0.6) is 0 Å². The van der Waals surface area contributed by atoms with Crippen LogP contribution >= 0.6 is 0 Å². The van der Waals surface area contributed by atoms with Crippen molar-refractivity contribution < 1.29 is 14.3 Å². The molecule has 3 aromatic rings. The van der Waals surface area contributed by atoms with Crippen molar-refractivity contribution in [2.24, 2.45) is 5.73 Å². The maximum atomic E-state index is 13.8. The van der Waals surface area contributed by atoms with Gasteiger partial charge < -0.3 is 20.6 Å². The third kappa shape index (κ3) is 3.61. The Kier molecular flexibility index (Phi) is 5.51. The van der Waals surface area contributed by atoms with Gasteiger partial charge in [0.25, 0.3) is 0 Å². The molecule has 3 aromatic carbocycles.